The molecule has 1 fully saturated rings. The number of hydrogen-bond donors (Lipinski definition) is 2. The van der Waals surface area contributed by atoms with Crippen LogP contribution >= 0.6 is 11.3 Å². The predicted molar refractivity (Wildman–Crippen MR) is 132 cm³/mol. The summed E-state index contributed by atoms with van der Waals surface area (Å²) in [6, 6.07) is 0. The van der Waals surface area contributed by atoms with Crippen LogP contribution in [0.3, 0.4) is 0 Å². The Morgan fingerprint density at radius 3 is 2.51 bits per heavy atom. The highest BCUT2D eigenvalue weighted by atomic mass is 32.1. The number of halogens is 1. The molecule has 1 saturated carbocycles. The summed E-state index contributed by atoms with van der Waals surface area (Å²) in [4.78, 5) is 41.1. The number of aliphatic hydroxyl groups excluding tert-OH is 1. The maximum atomic E-state index is 14.2. The zero-order chi connectivity index (χ0) is 27.2. The first kappa shape index (κ1) is 27.1. The minimum atomic E-state index is -1.87. The van der Waals surface area contributed by atoms with Crippen molar-refractivity contribution in [3.05, 3.63) is 38.8 Å². The Hall–Kier alpha value is -2.94. The van der Waals surface area contributed by atoms with Crippen molar-refractivity contribution in [1.82, 2.24) is 24.1 Å². The number of hydrogen-bond acceptors (Lipinski definition) is 9. The number of rotatable bonds is 10. The zero-order valence-electron chi connectivity index (χ0n) is 21.1. The first-order chi connectivity index (χ1) is 17.4. The monoisotopic (exact) mass is 539 g/mol. The number of alkyl halides is 1. The molecular weight excluding hydrogens is 509 g/mol. The summed E-state index contributed by atoms with van der Waals surface area (Å²) in [6.45, 7) is 5.56. The molecule has 0 amide bonds. The second-order valence-corrected chi connectivity index (χ2v) is 10.7. The Bertz CT molecular complexity index is 1410. The smallest absolute Gasteiger partial charge is 0.333 e. The van der Waals surface area contributed by atoms with Crippen LogP contribution < -0.4 is 11.2 Å². The van der Waals surface area contributed by atoms with Gasteiger partial charge in [-0.05, 0) is 34.1 Å². The van der Waals surface area contributed by atoms with Crippen LogP contribution in [0.4, 0.5) is 4.39 Å². The average molecular weight is 540 g/mol. The molecule has 0 bridgehead atoms. The van der Waals surface area contributed by atoms with Crippen molar-refractivity contribution >= 4 is 27.5 Å². The van der Waals surface area contributed by atoms with E-state index >= 15 is 0 Å². The van der Waals surface area contributed by atoms with Gasteiger partial charge in [0.15, 0.2) is 0 Å². The van der Waals surface area contributed by atoms with E-state index in [4.69, 9.17) is 9.47 Å². The van der Waals surface area contributed by atoms with Gasteiger partial charge in [-0.2, -0.15) is 10.2 Å². The van der Waals surface area contributed by atoms with Crippen molar-refractivity contribution in [2.45, 2.75) is 70.7 Å². The Kier molecular flexibility index (Phi) is 7.38. The Balaban J connectivity index is 1.96. The first-order valence-corrected chi connectivity index (χ1v) is 12.6. The summed E-state index contributed by atoms with van der Waals surface area (Å²) < 4.78 is 27.4. The van der Waals surface area contributed by atoms with E-state index in [-0.39, 0.29) is 29.8 Å². The van der Waals surface area contributed by atoms with Gasteiger partial charge in [0.25, 0.3) is 5.56 Å². The summed E-state index contributed by atoms with van der Waals surface area (Å²) in [7, 11) is 1.39. The molecule has 1 aliphatic carbocycles. The maximum absolute atomic E-state index is 14.2. The molecule has 0 spiro atoms. The fraction of sp³-hybridized carbons (Fsp3) is 0.609. The van der Waals surface area contributed by atoms with Gasteiger partial charge >= 0.3 is 11.7 Å². The fourth-order valence-corrected chi connectivity index (χ4v) is 5.86. The van der Waals surface area contributed by atoms with E-state index in [1.807, 2.05) is 0 Å². The summed E-state index contributed by atoms with van der Waals surface area (Å²) in [5.74, 6) is -1.79. The van der Waals surface area contributed by atoms with Crippen molar-refractivity contribution in [3.8, 4) is 5.00 Å². The number of thiophene rings is 1. The molecule has 3 aromatic rings. The molecule has 0 saturated heterocycles. The number of aryl methyl sites for hydroxylation is 1. The van der Waals surface area contributed by atoms with E-state index in [1.165, 1.54) is 49.6 Å². The van der Waals surface area contributed by atoms with E-state index in [2.05, 4.69) is 10.2 Å². The zero-order valence-corrected chi connectivity index (χ0v) is 21.9. The molecule has 5 atom stereocenters. The van der Waals surface area contributed by atoms with Crippen LogP contribution in [0.1, 0.15) is 32.8 Å². The third kappa shape index (κ3) is 4.62. The molecule has 202 valence electrons. The number of carbonyl (C=O) groups is 1. The lowest BCUT2D eigenvalue weighted by molar-refractivity contribution is -0.152. The van der Waals surface area contributed by atoms with Gasteiger partial charge in [0.2, 0.25) is 0 Å². The number of methoxy groups -OCH3 is 1. The third-order valence-corrected chi connectivity index (χ3v) is 8.09. The molecule has 3 heterocycles. The molecule has 1 aliphatic rings. The van der Waals surface area contributed by atoms with E-state index in [1.54, 1.807) is 6.92 Å². The topological polar surface area (TPSA) is 151 Å². The molecule has 0 aliphatic heterocycles. The van der Waals surface area contributed by atoms with Gasteiger partial charge < -0.3 is 19.7 Å². The van der Waals surface area contributed by atoms with Gasteiger partial charge in [-0.1, -0.05) is 11.3 Å². The second kappa shape index (κ2) is 10.1. The van der Waals surface area contributed by atoms with Crippen LogP contribution in [0.5, 0.6) is 0 Å². The highest BCUT2D eigenvalue weighted by Crippen LogP contribution is 2.38. The fourth-order valence-electron chi connectivity index (χ4n) is 4.64. The summed E-state index contributed by atoms with van der Waals surface area (Å²) in [5.41, 5.74) is -2.98. The predicted octanol–water partition coefficient (Wildman–Crippen LogP) is 1.07. The Morgan fingerprint density at radius 2 is 1.97 bits per heavy atom. The second-order valence-electron chi connectivity index (χ2n) is 9.77. The molecule has 12 nitrogen and oxygen atoms in total. The molecular formula is C23H30FN5O7S. The van der Waals surface area contributed by atoms with Crippen LogP contribution in [0.15, 0.2) is 22.0 Å². The van der Waals surface area contributed by atoms with Gasteiger partial charge in [-0.25, -0.2) is 18.5 Å². The molecule has 37 heavy (non-hydrogen) atoms. The summed E-state index contributed by atoms with van der Waals surface area (Å²) in [5, 5.41) is 28.6. The van der Waals surface area contributed by atoms with Crippen LogP contribution in [0.25, 0.3) is 15.2 Å². The van der Waals surface area contributed by atoms with Crippen molar-refractivity contribution < 1.29 is 28.9 Å². The van der Waals surface area contributed by atoms with E-state index < -0.39 is 53.2 Å². The molecule has 2 N–H and O–H groups in total. The number of aromatic nitrogens is 5. The standard InChI is InChI=1S/C23H30FN5O7S/c1-11(30)10-36-15(13-8-14(24)17(13)35-5)9-27-20-16(12(2)19(37-20)29-25-6-7-26-29)18(31)28(22(27)34)23(3,4)21(32)33/h6-7,11,13-15,17,30H,8-10H2,1-5H3,(H,32,33)/t11-,13?,14?,15+,17-/m1/s1. The number of carboxylic acid groups (broad SMARTS) is 1. The number of fused-ring (bicyclic) bond motifs is 1. The lowest BCUT2D eigenvalue weighted by Gasteiger charge is -2.43. The molecule has 3 aromatic heterocycles. The molecule has 14 heteroatoms. The number of aliphatic carboxylic acids is 1. The molecule has 0 radical (unpaired) electrons. The lowest BCUT2D eigenvalue weighted by atomic mass is 9.76. The number of carboxylic acids is 1. The number of nitrogens with zero attached hydrogens (tertiary/aromatic N) is 5. The minimum absolute atomic E-state index is 0.0708. The Labute approximate surface area is 214 Å². The highest BCUT2D eigenvalue weighted by Gasteiger charge is 2.47. The van der Waals surface area contributed by atoms with E-state index in [9.17, 15) is 29.0 Å². The average Bonchev–Trinajstić information content (AvgIpc) is 3.45. The van der Waals surface area contributed by atoms with Crippen molar-refractivity contribution in [3.63, 3.8) is 0 Å². The van der Waals surface area contributed by atoms with Crippen molar-refractivity contribution in [1.29, 1.82) is 0 Å². The van der Waals surface area contributed by atoms with E-state index in [0.717, 1.165) is 15.9 Å². The van der Waals surface area contributed by atoms with Gasteiger partial charge in [0, 0.05) is 18.6 Å². The van der Waals surface area contributed by atoms with Crippen molar-refractivity contribution in [2.75, 3.05) is 13.7 Å². The van der Waals surface area contributed by atoms with Crippen LogP contribution in [-0.2, 0) is 26.4 Å². The van der Waals surface area contributed by atoms with Crippen LogP contribution in [0, 0.1) is 12.8 Å². The van der Waals surface area contributed by atoms with Gasteiger partial charge in [-0.3, -0.25) is 9.36 Å². The quantitative estimate of drug-likeness (QED) is 0.386. The SMILES string of the molecule is CO[C@H]1C(F)CC1[C@H](Cn1c(=O)n(C(C)(C)C(=O)O)c(=O)c2c(C)c(-n3nccn3)sc21)OC[C@@H](C)O. The third-order valence-electron chi connectivity index (χ3n) is 6.81. The largest absolute Gasteiger partial charge is 0.480 e. The van der Waals surface area contributed by atoms with Gasteiger partial charge in [0.05, 0.1) is 49.2 Å². The van der Waals surface area contributed by atoms with E-state index in [0.29, 0.717) is 10.6 Å². The number of ether oxygens (including phenoxy) is 2. The lowest BCUT2D eigenvalue weighted by Crippen LogP contribution is -2.56. The summed E-state index contributed by atoms with van der Waals surface area (Å²) >= 11 is 1.11. The molecule has 2 unspecified atom stereocenters. The Morgan fingerprint density at radius 1 is 1.32 bits per heavy atom. The van der Waals surface area contributed by atoms with Crippen LogP contribution in [-0.4, -0.2) is 78.5 Å². The first-order valence-electron chi connectivity index (χ1n) is 11.8. The molecule has 0 aromatic carbocycles. The van der Waals surface area contributed by atoms with Crippen LogP contribution in [0.2, 0.25) is 0 Å². The van der Waals surface area contributed by atoms with Gasteiger partial charge in [0.1, 0.15) is 21.5 Å². The van der Waals surface area contributed by atoms with Gasteiger partial charge in [-0.15, -0.1) is 4.80 Å². The van der Waals surface area contributed by atoms with Crippen molar-refractivity contribution in [2.24, 2.45) is 5.92 Å². The highest BCUT2D eigenvalue weighted by molar-refractivity contribution is 7.21. The normalized spacial score (nSPS) is 21.6. The maximum Gasteiger partial charge on any atom is 0.333 e. The number of aliphatic hydroxyl groups is 1. The minimum Gasteiger partial charge on any atom is -0.480 e. The molecule has 4 rings (SSSR count). The summed E-state index contributed by atoms with van der Waals surface area (Å²) in [6.07, 6.45) is -0.476.